The van der Waals surface area contributed by atoms with Crippen molar-refractivity contribution in [2.24, 2.45) is 5.92 Å². The first-order valence-corrected chi connectivity index (χ1v) is 16.7. The van der Waals surface area contributed by atoms with E-state index in [1.54, 1.807) is 44.1 Å². The summed E-state index contributed by atoms with van der Waals surface area (Å²) in [6.07, 6.45) is 2.25. The number of ether oxygens (including phenoxy) is 3. The van der Waals surface area contributed by atoms with Gasteiger partial charge in [0.05, 0.1) is 37.5 Å². The van der Waals surface area contributed by atoms with Gasteiger partial charge >= 0.3 is 6.03 Å². The number of aromatic nitrogens is 1. The molecule has 0 bridgehead atoms. The van der Waals surface area contributed by atoms with Crippen LogP contribution in [0.4, 0.5) is 16.2 Å². The highest BCUT2D eigenvalue weighted by Crippen LogP contribution is 2.29. The second-order valence-corrected chi connectivity index (χ2v) is 12.8. The van der Waals surface area contributed by atoms with E-state index in [4.69, 9.17) is 18.7 Å². The second-order valence-electron chi connectivity index (χ2n) is 12.8. The highest BCUT2D eigenvalue weighted by molar-refractivity contribution is 6.03. The lowest BCUT2D eigenvalue weighted by molar-refractivity contribution is -0.0177. The zero-order valence-corrected chi connectivity index (χ0v) is 29.2. The Kier molecular flexibility index (Phi) is 13.2. The van der Waals surface area contributed by atoms with Gasteiger partial charge in [-0.05, 0) is 89.9 Å². The maximum absolute atomic E-state index is 14.4. The third-order valence-electron chi connectivity index (χ3n) is 8.68. The van der Waals surface area contributed by atoms with Crippen LogP contribution in [0.3, 0.4) is 0 Å². The average molecular weight is 666 g/mol. The molecular weight excluding hydrogens is 614 g/mol. The summed E-state index contributed by atoms with van der Waals surface area (Å²) in [4.78, 5) is 31.2. The quantitative estimate of drug-likeness (QED) is 0.256. The molecule has 0 radical (unpaired) electrons. The van der Waals surface area contributed by atoms with Crippen LogP contribution in [0, 0.1) is 19.8 Å². The van der Waals surface area contributed by atoms with Crippen molar-refractivity contribution in [2.75, 3.05) is 51.1 Å². The van der Waals surface area contributed by atoms with Crippen molar-refractivity contribution in [3.63, 3.8) is 0 Å². The zero-order valence-electron chi connectivity index (χ0n) is 29.2. The topological polar surface area (TPSA) is 139 Å². The molecule has 1 aliphatic heterocycles. The first-order chi connectivity index (χ1) is 23.0. The van der Waals surface area contributed by atoms with Crippen LogP contribution >= 0.6 is 0 Å². The number of fused-ring (bicyclic) bond motifs is 1. The lowest BCUT2D eigenvalue weighted by atomic mass is 10.0. The van der Waals surface area contributed by atoms with Crippen LogP contribution in [0.1, 0.15) is 67.4 Å². The van der Waals surface area contributed by atoms with Gasteiger partial charge in [-0.3, -0.25) is 9.69 Å². The number of nitrogens with zero attached hydrogens (tertiary/aromatic N) is 3. The molecule has 3 N–H and O–H groups in total. The Hall–Kier alpha value is -4.13. The molecule has 4 atom stereocenters. The monoisotopic (exact) mass is 665 g/mol. The van der Waals surface area contributed by atoms with Crippen LogP contribution in [-0.2, 0) is 11.3 Å². The Morgan fingerprint density at radius 3 is 2.56 bits per heavy atom. The smallest absolute Gasteiger partial charge is 0.323 e. The number of nitrogens with one attached hydrogen (secondary N) is 2. The largest absolute Gasteiger partial charge is 0.497 e. The number of methoxy groups -OCH3 is 1. The molecule has 0 unspecified atom stereocenters. The van der Waals surface area contributed by atoms with Crippen LogP contribution in [0.25, 0.3) is 0 Å². The fourth-order valence-electron chi connectivity index (χ4n) is 5.81. The molecule has 262 valence electrons. The third-order valence-corrected chi connectivity index (χ3v) is 8.68. The molecule has 12 nitrogen and oxygen atoms in total. The van der Waals surface area contributed by atoms with E-state index in [0.29, 0.717) is 53.8 Å². The fourth-order valence-corrected chi connectivity index (χ4v) is 5.81. The number of hydrogen-bond acceptors (Lipinski definition) is 9. The Bertz CT molecular complexity index is 1470. The summed E-state index contributed by atoms with van der Waals surface area (Å²) in [7, 11) is 3.72. The maximum Gasteiger partial charge on any atom is 0.323 e. The van der Waals surface area contributed by atoms with E-state index in [1.807, 2.05) is 26.0 Å². The molecule has 0 saturated heterocycles. The minimum absolute atomic E-state index is 0.0605. The number of aliphatic hydroxyl groups is 1. The van der Waals surface area contributed by atoms with E-state index in [1.165, 1.54) is 0 Å². The maximum atomic E-state index is 14.4. The van der Waals surface area contributed by atoms with Crippen molar-refractivity contribution in [1.29, 1.82) is 0 Å². The van der Waals surface area contributed by atoms with E-state index in [2.05, 4.69) is 46.8 Å². The highest BCUT2D eigenvalue weighted by atomic mass is 16.5. The van der Waals surface area contributed by atoms with Gasteiger partial charge in [0.25, 0.3) is 5.91 Å². The lowest BCUT2D eigenvalue weighted by Crippen LogP contribution is -2.47. The predicted molar refractivity (Wildman–Crippen MR) is 185 cm³/mol. The van der Waals surface area contributed by atoms with Gasteiger partial charge < -0.3 is 39.4 Å². The molecule has 12 heteroatoms. The molecule has 3 amide bonds. The van der Waals surface area contributed by atoms with E-state index in [0.717, 1.165) is 37.1 Å². The Labute approximate surface area is 283 Å². The number of amides is 3. The summed E-state index contributed by atoms with van der Waals surface area (Å²) in [6.45, 7) is 11.5. The Balaban J connectivity index is 1.58. The summed E-state index contributed by atoms with van der Waals surface area (Å²) < 4.78 is 23.3. The third kappa shape index (κ3) is 9.94. The van der Waals surface area contributed by atoms with E-state index in [-0.39, 0.29) is 30.6 Å². The second kappa shape index (κ2) is 17.3. The number of aryl methyl sites for hydroxylation is 2. The molecule has 0 fully saturated rings. The van der Waals surface area contributed by atoms with Crippen LogP contribution in [-0.4, -0.2) is 90.7 Å². The van der Waals surface area contributed by atoms with Gasteiger partial charge in [-0.2, -0.15) is 0 Å². The van der Waals surface area contributed by atoms with Crippen LogP contribution in [0.2, 0.25) is 0 Å². The average Bonchev–Trinajstić information content (AvgIpc) is 3.38. The zero-order chi connectivity index (χ0) is 34.8. The van der Waals surface area contributed by atoms with Gasteiger partial charge in [0, 0.05) is 37.8 Å². The first kappa shape index (κ1) is 36.7. The van der Waals surface area contributed by atoms with Crippen molar-refractivity contribution in [2.45, 2.75) is 78.7 Å². The van der Waals surface area contributed by atoms with E-state index >= 15 is 0 Å². The lowest BCUT2D eigenvalue weighted by Gasteiger charge is -2.36. The van der Waals surface area contributed by atoms with Crippen molar-refractivity contribution >= 4 is 23.3 Å². The van der Waals surface area contributed by atoms with Crippen molar-refractivity contribution < 1.29 is 33.4 Å². The standard InChI is InChI=1S/C36H51N5O7/c1-23-19-41(24(2)22-42)35(43)31-18-29(37-36(44)38-34-26(4)39-48-27(34)5)13-16-32(31)47-25(3)10-8-9-17-46-33(23)21-40(6)20-28-11-14-30(45-7)15-12-28/h11-16,18,23-25,33,42H,8-10,17,19-22H2,1-7H3,(H2,37,38,44)/t23-,24-,25-,33+/m0/s1. The Morgan fingerprint density at radius 1 is 1.15 bits per heavy atom. The highest BCUT2D eigenvalue weighted by Gasteiger charge is 2.30. The van der Waals surface area contributed by atoms with Gasteiger partial charge in [0.15, 0.2) is 5.76 Å². The molecule has 0 aliphatic carbocycles. The number of rotatable bonds is 9. The number of benzene rings is 2. The van der Waals surface area contributed by atoms with Gasteiger partial charge in [0.2, 0.25) is 0 Å². The summed E-state index contributed by atoms with van der Waals surface area (Å²) in [5, 5.41) is 19.7. The van der Waals surface area contributed by atoms with Crippen molar-refractivity contribution in [3.05, 3.63) is 65.0 Å². The number of anilines is 2. The van der Waals surface area contributed by atoms with Crippen LogP contribution in [0.15, 0.2) is 47.0 Å². The summed E-state index contributed by atoms with van der Waals surface area (Å²) in [5.41, 5.74) is 2.92. The number of carbonyl (C=O) groups is 2. The minimum atomic E-state index is -0.500. The first-order valence-electron chi connectivity index (χ1n) is 16.7. The fraction of sp³-hybridized carbons (Fsp3) is 0.528. The molecule has 1 aliphatic rings. The molecule has 48 heavy (non-hydrogen) atoms. The van der Waals surface area contributed by atoms with E-state index < -0.39 is 12.1 Å². The normalized spacial score (nSPS) is 20.0. The molecule has 2 heterocycles. The van der Waals surface area contributed by atoms with Crippen LogP contribution < -0.4 is 20.1 Å². The van der Waals surface area contributed by atoms with Crippen molar-refractivity contribution in [3.8, 4) is 11.5 Å². The van der Waals surface area contributed by atoms with Gasteiger partial charge in [-0.1, -0.05) is 24.2 Å². The number of likely N-dealkylation sites (N-methyl/N-ethyl adjacent to an activating group) is 1. The van der Waals surface area contributed by atoms with E-state index in [9.17, 15) is 14.7 Å². The number of urea groups is 1. The SMILES string of the molecule is COc1ccc(CN(C)C[C@H]2OCCCC[C@H](C)Oc3ccc(NC(=O)Nc4c(C)noc4C)cc3C(=O)N([C@@H](C)CO)C[C@@H]2C)cc1. The molecule has 0 spiro atoms. The predicted octanol–water partition coefficient (Wildman–Crippen LogP) is 5.87. The molecular formula is C36H51N5O7. The molecule has 0 saturated carbocycles. The number of aliphatic hydroxyl groups excluding tert-OH is 1. The van der Waals surface area contributed by atoms with Gasteiger partial charge in [-0.25, -0.2) is 4.79 Å². The molecule has 2 aromatic carbocycles. The molecule has 3 aromatic rings. The summed E-state index contributed by atoms with van der Waals surface area (Å²) in [5.74, 6) is 1.37. The van der Waals surface area contributed by atoms with Gasteiger partial charge in [0.1, 0.15) is 22.9 Å². The number of carbonyl (C=O) groups excluding carboxylic acids is 2. The number of hydrogen-bond donors (Lipinski definition) is 3. The summed E-state index contributed by atoms with van der Waals surface area (Å²) >= 11 is 0. The van der Waals surface area contributed by atoms with Gasteiger partial charge in [-0.15, -0.1) is 0 Å². The molecule has 1 aromatic heterocycles. The minimum Gasteiger partial charge on any atom is -0.497 e. The van der Waals surface area contributed by atoms with Crippen LogP contribution in [0.5, 0.6) is 11.5 Å². The Morgan fingerprint density at radius 2 is 1.90 bits per heavy atom. The molecule has 4 rings (SSSR count). The summed E-state index contributed by atoms with van der Waals surface area (Å²) in [6, 6.07) is 12.1. The van der Waals surface area contributed by atoms with Crippen molar-refractivity contribution in [1.82, 2.24) is 15.0 Å².